The van der Waals surface area contributed by atoms with Gasteiger partial charge in [0.15, 0.2) is 18.1 Å². The van der Waals surface area contributed by atoms with Crippen molar-refractivity contribution in [3.05, 3.63) is 24.3 Å². The number of rotatable bonds is 7. The quantitative estimate of drug-likeness (QED) is 0.770. The Kier molecular flexibility index (Phi) is 4.27. The Morgan fingerprint density at radius 1 is 1.37 bits per heavy atom. The average molecular weight is 265 g/mol. The van der Waals surface area contributed by atoms with E-state index in [-0.39, 0.29) is 24.5 Å². The second-order valence-corrected chi connectivity index (χ2v) is 4.87. The lowest BCUT2D eigenvalue weighted by Crippen LogP contribution is -2.35. The van der Waals surface area contributed by atoms with Gasteiger partial charge in [-0.3, -0.25) is 4.79 Å². The fraction of sp³-hybridized carbons (Fsp3) is 0.500. The third-order valence-corrected chi connectivity index (χ3v) is 3.38. The summed E-state index contributed by atoms with van der Waals surface area (Å²) in [5, 5.41) is 11.9. The maximum atomic E-state index is 11.6. The van der Waals surface area contributed by atoms with Gasteiger partial charge in [0, 0.05) is 12.0 Å². The highest BCUT2D eigenvalue weighted by Crippen LogP contribution is 2.44. The minimum Gasteiger partial charge on any atom is -0.493 e. The predicted molar refractivity (Wildman–Crippen MR) is 70.3 cm³/mol. The molecule has 0 aliphatic heterocycles. The number of benzene rings is 1. The van der Waals surface area contributed by atoms with E-state index in [1.165, 1.54) is 0 Å². The van der Waals surface area contributed by atoms with Gasteiger partial charge in [-0.05, 0) is 25.0 Å². The van der Waals surface area contributed by atoms with E-state index in [4.69, 9.17) is 14.6 Å². The van der Waals surface area contributed by atoms with Gasteiger partial charge in [-0.15, -0.1) is 0 Å². The third kappa shape index (κ3) is 3.61. The first-order valence-corrected chi connectivity index (χ1v) is 6.32. The maximum absolute atomic E-state index is 11.6. The van der Waals surface area contributed by atoms with Gasteiger partial charge in [0.05, 0.1) is 13.7 Å². The fourth-order valence-corrected chi connectivity index (χ4v) is 1.79. The molecule has 1 aromatic carbocycles. The van der Waals surface area contributed by atoms with E-state index in [1.807, 2.05) is 12.1 Å². The van der Waals surface area contributed by atoms with Crippen LogP contribution >= 0.6 is 0 Å². The van der Waals surface area contributed by atoms with Crippen LogP contribution in [0.2, 0.25) is 0 Å². The van der Waals surface area contributed by atoms with Gasteiger partial charge in [0.25, 0.3) is 5.91 Å². The lowest BCUT2D eigenvalue weighted by molar-refractivity contribution is -0.123. The van der Waals surface area contributed by atoms with Gasteiger partial charge in [0.1, 0.15) is 0 Å². The van der Waals surface area contributed by atoms with Gasteiger partial charge in [-0.25, -0.2) is 0 Å². The van der Waals surface area contributed by atoms with Crippen molar-refractivity contribution in [3.8, 4) is 11.5 Å². The van der Waals surface area contributed by atoms with Crippen molar-refractivity contribution in [1.29, 1.82) is 0 Å². The molecule has 1 aliphatic rings. The number of hydrogen-bond donors (Lipinski definition) is 2. The lowest BCUT2D eigenvalue weighted by Gasteiger charge is -2.14. The summed E-state index contributed by atoms with van der Waals surface area (Å²) in [5.74, 6) is 0.957. The van der Waals surface area contributed by atoms with Crippen molar-refractivity contribution < 1.29 is 19.4 Å². The Balaban J connectivity index is 1.77. The van der Waals surface area contributed by atoms with Gasteiger partial charge < -0.3 is 19.9 Å². The number of carbonyl (C=O) groups excluding carboxylic acids is 1. The van der Waals surface area contributed by atoms with Crippen LogP contribution in [-0.4, -0.2) is 37.9 Å². The van der Waals surface area contributed by atoms with E-state index in [1.54, 1.807) is 19.2 Å². The van der Waals surface area contributed by atoms with Gasteiger partial charge in [-0.1, -0.05) is 12.1 Å². The molecule has 5 heteroatoms. The first kappa shape index (κ1) is 13.7. The molecule has 1 aromatic rings. The molecule has 2 rings (SSSR count). The molecule has 104 valence electrons. The van der Waals surface area contributed by atoms with Crippen molar-refractivity contribution in [2.24, 2.45) is 5.41 Å². The van der Waals surface area contributed by atoms with Crippen LogP contribution in [0.1, 0.15) is 12.8 Å². The molecular weight excluding hydrogens is 246 g/mol. The van der Waals surface area contributed by atoms with Crippen LogP contribution in [0.15, 0.2) is 24.3 Å². The Morgan fingerprint density at radius 3 is 2.63 bits per heavy atom. The summed E-state index contributed by atoms with van der Waals surface area (Å²) in [6, 6.07) is 7.19. The summed E-state index contributed by atoms with van der Waals surface area (Å²) in [7, 11) is 1.56. The zero-order valence-corrected chi connectivity index (χ0v) is 11.0. The van der Waals surface area contributed by atoms with Crippen LogP contribution in [-0.2, 0) is 4.79 Å². The van der Waals surface area contributed by atoms with Crippen molar-refractivity contribution in [2.45, 2.75) is 12.8 Å². The average Bonchev–Trinajstić information content (AvgIpc) is 3.24. The molecule has 5 nitrogen and oxygen atoms in total. The number of carbonyl (C=O) groups is 1. The van der Waals surface area contributed by atoms with Crippen molar-refractivity contribution in [3.63, 3.8) is 0 Å². The fourth-order valence-electron chi connectivity index (χ4n) is 1.79. The molecule has 0 bridgehead atoms. The Labute approximate surface area is 112 Å². The lowest BCUT2D eigenvalue weighted by atomic mass is 10.1. The maximum Gasteiger partial charge on any atom is 0.257 e. The molecule has 1 saturated carbocycles. The molecule has 0 radical (unpaired) electrons. The van der Waals surface area contributed by atoms with Crippen LogP contribution in [0.5, 0.6) is 11.5 Å². The smallest absolute Gasteiger partial charge is 0.257 e. The van der Waals surface area contributed by atoms with E-state index in [0.717, 1.165) is 12.8 Å². The molecule has 0 atom stereocenters. The van der Waals surface area contributed by atoms with Crippen LogP contribution < -0.4 is 14.8 Å². The number of hydrogen-bond acceptors (Lipinski definition) is 4. The SMILES string of the molecule is COc1ccccc1OCC(=O)NCC1(CO)CC1. The predicted octanol–water partition coefficient (Wildman–Crippen LogP) is 0.963. The summed E-state index contributed by atoms with van der Waals surface area (Å²) < 4.78 is 10.5. The number of ether oxygens (including phenoxy) is 2. The number of para-hydroxylation sites is 2. The molecule has 1 aliphatic carbocycles. The molecule has 0 saturated heterocycles. The van der Waals surface area contributed by atoms with Crippen molar-refractivity contribution in [1.82, 2.24) is 5.32 Å². The van der Waals surface area contributed by atoms with E-state index < -0.39 is 0 Å². The van der Waals surface area contributed by atoms with Crippen LogP contribution in [0, 0.1) is 5.41 Å². The van der Waals surface area contributed by atoms with E-state index in [0.29, 0.717) is 18.0 Å². The minimum atomic E-state index is -0.189. The highest BCUT2D eigenvalue weighted by atomic mass is 16.5. The second-order valence-electron chi connectivity index (χ2n) is 4.87. The summed E-state index contributed by atoms with van der Waals surface area (Å²) in [4.78, 5) is 11.6. The Morgan fingerprint density at radius 2 is 2.05 bits per heavy atom. The summed E-state index contributed by atoms with van der Waals surface area (Å²) >= 11 is 0. The third-order valence-electron chi connectivity index (χ3n) is 3.38. The number of amides is 1. The zero-order chi connectivity index (χ0) is 13.7. The molecule has 1 amide bonds. The molecule has 19 heavy (non-hydrogen) atoms. The van der Waals surface area contributed by atoms with Gasteiger partial charge in [0.2, 0.25) is 0 Å². The van der Waals surface area contributed by atoms with Crippen LogP contribution in [0.3, 0.4) is 0 Å². The van der Waals surface area contributed by atoms with Crippen LogP contribution in [0.4, 0.5) is 0 Å². The highest BCUT2D eigenvalue weighted by Gasteiger charge is 2.42. The zero-order valence-electron chi connectivity index (χ0n) is 11.0. The molecule has 0 unspecified atom stereocenters. The molecule has 0 aromatic heterocycles. The van der Waals surface area contributed by atoms with Crippen molar-refractivity contribution >= 4 is 5.91 Å². The van der Waals surface area contributed by atoms with Crippen LogP contribution in [0.25, 0.3) is 0 Å². The standard InChI is InChI=1S/C14H19NO4/c1-18-11-4-2-3-5-12(11)19-8-13(17)15-9-14(10-16)6-7-14/h2-5,16H,6-10H2,1H3,(H,15,17). The monoisotopic (exact) mass is 265 g/mol. The first-order valence-electron chi connectivity index (χ1n) is 6.32. The topological polar surface area (TPSA) is 67.8 Å². The van der Waals surface area contributed by atoms with Gasteiger partial charge in [-0.2, -0.15) is 0 Å². The largest absolute Gasteiger partial charge is 0.493 e. The normalized spacial score (nSPS) is 15.7. The molecule has 2 N–H and O–H groups in total. The van der Waals surface area contributed by atoms with E-state index in [9.17, 15) is 4.79 Å². The molecule has 0 heterocycles. The number of aliphatic hydroxyl groups excluding tert-OH is 1. The summed E-state index contributed by atoms with van der Waals surface area (Å²) in [6.45, 7) is 0.583. The van der Waals surface area contributed by atoms with E-state index >= 15 is 0 Å². The highest BCUT2D eigenvalue weighted by molar-refractivity contribution is 5.77. The first-order chi connectivity index (χ1) is 9.19. The Hall–Kier alpha value is -1.75. The number of nitrogens with one attached hydrogen (secondary N) is 1. The minimum absolute atomic E-state index is 0.0537. The molecule has 0 spiro atoms. The summed E-state index contributed by atoms with van der Waals surface area (Å²) in [5.41, 5.74) is -0.0832. The number of aliphatic hydroxyl groups is 1. The Bertz CT molecular complexity index is 443. The van der Waals surface area contributed by atoms with E-state index in [2.05, 4.69) is 5.32 Å². The number of methoxy groups -OCH3 is 1. The summed E-state index contributed by atoms with van der Waals surface area (Å²) in [6.07, 6.45) is 1.94. The molecular formula is C14H19NO4. The molecule has 1 fully saturated rings. The van der Waals surface area contributed by atoms with Crippen molar-refractivity contribution in [2.75, 3.05) is 26.9 Å². The second kappa shape index (κ2) is 5.93. The van der Waals surface area contributed by atoms with Gasteiger partial charge >= 0.3 is 0 Å².